The molecule has 0 N–H and O–H groups in total. The van der Waals surface area contributed by atoms with Gasteiger partial charge >= 0.3 is 30.2 Å². The number of carbonyl (C=O) groups excluding carboxylic acids is 5. The molecule has 0 saturated heterocycles. The van der Waals surface area contributed by atoms with Crippen molar-refractivity contribution >= 4 is 42.4 Å². The summed E-state index contributed by atoms with van der Waals surface area (Å²) in [4.78, 5) is 58.8. The van der Waals surface area contributed by atoms with Gasteiger partial charge in [-0.2, -0.15) is 0 Å². The van der Waals surface area contributed by atoms with Crippen LogP contribution in [0.25, 0.3) is 23.3 Å². The number of unbranched alkanes of at least 4 members (excludes halogenated alkanes) is 2. The molecule has 14 heteroatoms. The number of rotatable bonds is 22. The van der Waals surface area contributed by atoms with Gasteiger partial charge in [-0.05, 0) is 120 Å². The zero-order chi connectivity index (χ0) is 45.0. The van der Waals surface area contributed by atoms with E-state index in [1.165, 1.54) is 12.3 Å². The lowest BCUT2D eigenvalue weighted by Gasteiger charge is -2.22. The third kappa shape index (κ3) is 14.5. The Hall–Kier alpha value is -7.61. The maximum Gasteiger partial charge on any atom is 0.513 e. The highest BCUT2D eigenvalue weighted by molar-refractivity contribution is 5.89. The van der Waals surface area contributed by atoms with Gasteiger partial charge in [0, 0.05) is 23.6 Å². The first-order chi connectivity index (χ1) is 30.4. The van der Waals surface area contributed by atoms with E-state index in [0.717, 1.165) is 40.0 Å². The summed E-state index contributed by atoms with van der Waals surface area (Å²) in [6.07, 6.45) is 8.71. The molecule has 0 aliphatic heterocycles. The normalized spacial score (nSPS) is 12.0. The van der Waals surface area contributed by atoms with Crippen LogP contribution in [0.3, 0.4) is 0 Å². The van der Waals surface area contributed by atoms with E-state index in [1.807, 2.05) is 30.3 Å². The van der Waals surface area contributed by atoms with Gasteiger partial charge in [0.2, 0.25) is 6.79 Å². The van der Waals surface area contributed by atoms with Crippen LogP contribution >= 0.6 is 0 Å². The highest BCUT2D eigenvalue weighted by Gasteiger charge is 2.36. The lowest BCUT2D eigenvalue weighted by molar-refractivity contribution is -0.138. The van der Waals surface area contributed by atoms with Crippen LogP contribution in [0.2, 0.25) is 0 Å². The van der Waals surface area contributed by atoms with Gasteiger partial charge in [0.15, 0.2) is 0 Å². The molecular weight excluding hydrogens is 813 g/mol. The fourth-order valence-corrected chi connectivity index (χ4v) is 6.16. The van der Waals surface area contributed by atoms with E-state index in [0.29, 0.717) is 48.5 Å². The molecule has 328 valence electrons. The summed E-state index contributed by atoms with van der Waals surface area (Å²) in [5, 5.41) is 0. The summed E-state index contributed by atoms with van der Waals surface area (Å²) in [5.74, 6) is 0.0611. The molecule has 0 aromatic heterocycles. The molecule has 0 heterocycles. The Morgan fingerprint density at radius 1 is 0.524 bits per heavy atom. The van der Waals surface area contributed by atoms with Crippen LogP contribution < -0.4 is 18.9 Å². The predicted molar refractivity (Wildman–Crippen MR) is 232 cm³/mol. The molecule has 0 amide bonds. The van der Waals surface area contributed by atoms with Gasteiger partial charge in [-0.3, -0.25) is 0 Å². The largest absolute Gasteiger partial charge is 0.513 e. The first-order valence-electron chi connectivity index (χ1n) is 20.0. The molecular formula is C49H48O14. The zero-order valence-electron chi connectivity index (χ0n) is 35.0. The number of benzene rings is 4. The number of fused-ring (bicyclic) bond motifs is 3. The van der Waals surface area contributed by atoms with Gasteiger partial charge in [0.25, 0.3) is 0 Å². The first kappa shape index (κ1) is 46.5. The quantitative estimate of drug-likeness (QED) is 0.0107. The van der Waals surface area contributed by atoms with Crippen LogP contribution in [0.15, 0.2) is 123 Å². The SMILES string of the molecule is C=CC(=O)OCCCCOC(=O)Oc1ccc(C=COCOc2ccc3c(c2)C(C)(C)c2cc(OC(=O)C=Cc4ccc(OC(=O)OCCCCOC(=O)C=C)cc4)ccc2-3)cc1. The minimum Gasteiger partial charge on any atom is -0.465 e. The van der Waals surface area contributed by atoms with Crippen LogP contribution in [0.4, 0.5) is 9.59 Å². The van der Waals surface area contributed by atoms with Gasteiger partial charge in [0.05, 0.1) is 32.7 Å². The second-order valence-electron chi connectivity index (χ2n) is 14.2. The van der Waals surface area contributed by atoms with E-state index >= 15 is 0 Å². The number of carbonyl (C=O) groups is 5. The van der Waals surface area contributed by atoms with Crippen molar-refractivity contribution < 1.29 is 66.6 Å². The Kier molecular flexibility index (Phi) is 17.3. The van der Waals surface area contributed by atoms with Crippen molar-refractivity contribution in [1.29, 1.82) is 0 Å². The van der Waals surface area contributed by atoms with E-state index < -0.39 is 35.6 Å². The van der Waals surface area contributed by atoms with Gasteiger partial charge in [-0.1, -0.05) is 63.4 Å². The standard InChI is InChI=1S/C49H48O14/c1-5-44(50)56-26-7-9-28-58-47(53)62-36-16-11-34(12-17-36)15-24-46(52)61-39-21-23-41-40-22-20-38(31-42(40)49(3,4)43(41)32-39)60-33-55-30-25-35-13-18-37(19-14-35)63-48(54)59-29-10-8-27-57-45(51)6-2/h5-6,11-25,30-32H,1-2,7-10,26-29,33H2,3-4H3. The molecule has 0 fully saturated rings. The van der Waals surface area contributed by atoms with E-state index in [1.54, 1.807) is 66.7 Å². The summed E-state index contributed by atoms with van der Waals surface area (Å²) >= 11 is 0. The molecule has 5 rings (SSSR count). The molecule has 0 bridgehead atoms. The molecule has 4 aromatic rings. The minimum atomic E-state index is -0.858. The molecule has 0 atom stereocenters. The van der Waals surface area contributed by atoms with Gasteiger partial charge < -0.3 is 42.6 Å². The van der Waals surface area contributed by atoms with Crippen LogP contribution in [-0.4, -0.2) is 63.4 Å². The summed E-state index contributed by atoms with van der Waals surface area (Å²) in [5.41, 5.74) is 5.20. The Morgan fingerprint density at radius 2 is 0.968 bits per heavy atom. The summed E-state index contributed by atoms with van der Waals surface area (Å²) in [6.45, 7) is 11.5. The monoisotopic (exact) mass is 860 g/mol. The molecule has 1 aliphatic carbocycles. The van der Waals surface area contributed by atoms with Crippen LogP contribution in [0, 0.1) is 0 Å². The van der Waals surface area contributed by atoms with E-state index in [2.05, 4.69) is 27.0 Å². The van der Waals surface area contributed by atoms with Gasteiger partial charge in [-0.25, -0.2) is 24.0 Å². The average Bonchev–Trinajstić information content (AvgIpc) is 3.50. The fraction of sp³-hybridized carbons (Fsp3) is 0.245. The van der Waals surface area contributed by atoms with Gasteiger partial charge in [-0.15, -0.1) is 0 Å². The number of esters is 3. The smallest absolute Gasteiger partial charge is 0.465 e. The van der Waals surface area contributed by atoms with Crippen molar-refractivity contribution in [2.45, 2.75) is 44.9 Å². The summed E-state index contributed by atoms with van der Waals surface area (Å²) in [6, 6.07) is 24.7. The molecule has 0 spiro atoms. The van der Waals surface area contributed by atoms with E-state index in [-0.39, 0.29) is 39.0 Å². The highest BCUT2D eigenvalue weighted by atomic mass is 16.7. The fourth-order valence-electron chi connectivity index (χ4n) is 6.16. The van der Waals surface area contributed by atoms with Crippen LogP contribution in [0.5, 0.6) is 23.0 Å². The van der Waals surface area contributed by atoms with Crippen molar-refractivity contribution in [1.82, 2.24) is 0 Å². The van der Waals surface area contributed by atoms with Crippen molar-refractivity contribution in [2.24, 2.45) is 0 Å². The third-order valence-electron chi connectivity index (χ3n) is 9.40. The summed E-state index contributed by atoms with van der Waals surface area (Å²) in [7, 11) is 0. The van der Waals surface area contributed by atoms with Gasteiger partial charge in [0.1, 0.15) is 23.0 Å². The third-order valence-corrected chi connectivity index (χ3v) is 9.40. The molecule has 63 heavy (non-hydrogen) atoms. The molecule has 0 radical (unpaired) electrons. The number of hydrogen-bond donors (Lipinski definition) is 0. The highest BCUT2D eigenvalue weighted by Crippen LogP contribution is 2.50. The van der Waals surface area contributed by atoms with Crippen LogP contribution in [0.1, 0.15) is 61.8 Å². The second kappa shape index (κ2) is 23.4. The van der Waals surface area contributed by atoms with E-state index in [9.17, 15) is 24.0 Å². The van der Waals surface area contributed by atoms with E-state index in [4.69, 9.17) is 42.6 Å². The predicted octanol–water partition coefficient (Wildman–Crippen LogP) is 9.69. The summed E-state index contributed by atoms with van der Waals surface area (Å²) < 4.78 is 47.3. The molecule has 0 unspecified atom stereocenters. The topological polar surface area (TPSA) is 168 Å². The van der Waals surface area contributed by atoms with Crippen molar-refractivity contribution in [3.05, 3.63) is 145 Å². The zero-order valence-corrected chi connectivity index (χ0v) is 35.0. The molecule has 4 aromatic carbocycles. The van der Waals surface area contributed by atoms with Crippen molar-refractivity contribution in [3.63, 3.8) is 0 Å². The Labute approximate surface area is 365 Å². The lowest BCUT2D eigenvalue weighted by Crippen LogP contribution is -2.15. The Bertz CT molecular complexity index is 2310. The maximum atomic E-state index is 12.8. The number of hydrogen-bond acceptors (Lipinski definition) is 14. The maximum absolute atomic E-state index is 12.8. The second-order valence-corrected chi connectivity index (χ2v) is 14.2. The molecule has 14 nitrogen and oxygen atoms in total. The van der Waals surface area contributed by atoms with Crippen molar-refractivity contribution in [2.75, 3.05) is 33.2 Å². The molecule has 1 aliphatic rings. The Balaban J connectivity index is 1.02. The minimum absolute atomic E-state index is 0.0349. The average molecular weight is 861 g/mol. The number of ether oxygens (including phenoxy) is 9. The lowest BCUT2D eigenvalue weighted by atomic mass is 9.82. The van der Waals surface area contributed by atoms with Crippen molar-refractivity contribution in [3.8, 4) is 34.1 Å². The van der Waals surface area contributed by atoms with Crippen LogP contribution in [-0.2, 0) is 43.5 Å². The Morgan fingerprint density at radius 3 is 1.48 bits per heavy atom. The molecule has 0 saturated carbocycles. The first-order valence-corrected chi connectivity index (χ1v) is 20.0.